The Balaban J connectivity index is 2.69. The van der Waals surface area contributed by atoms with Crippen LogP contribution < -0.4 is 11.5 Å². The van der Waals surface area contributed by atoms with Crippen LogP contribution in [-0.2, 0) is 6.42 Å². The monoisotopic (exact) mass is 323 g/mol. The fourth-order valence-electron chi connectivity index (χ4n) is 2.29. The first kappa shape index (κ1) is 16.3. The first-order chi connectivity index (χ1) is 9.88. The van der Waals surface area contributed by atoms with Gasteiger partial charge in [-0.25, -0.2) is 0 Å². The van der Waals surface area contributed by atoms with Crippen molar-refractivity contribution in [1.29, 1.82) is 0 Å². The van der Waals surface area contributed by atoms with Gasteiger partial charge in [0.25, 0.3) is 5.50 Å². The summed E-state index contributed by atoms with van der Waals surface area (Å²) in [5, 5.41) is 1.98. The fraction of sp³-hybridized carbons (Fsp3) is 0.312. The largest absolute Gasteiger partial charge is 0.299 e. The third kappa shape index (κ3) is 3.98. The average Bonchev–Trinajstić information content (AvgIpc) is 2.38. The van der Waals surface area contributed by atoms with Crippen LogP contribution in [-0.4, -0.2) is 10.5 Å². The number of quaternary nitrogens is 2. The lowest BCUT2D eigenvalue weighted by Crippen LogP contribution is -2.82. The molecule has 0 bridgehead atoms. The van der Waals surface area contributed by atoms with Crippen LogP contribution >= 0.6 is 23.4 Å². The van der Waals surface area contributed by atoms with Crippen molar-refractivity contribution in [2.45, 2.75) is 37.6 Å². The highest BCUT2D eigenvalue weighted by Gasteiger charge is 2.17. The highest BCUT2D eigenvalue weighted by molar-refractivity contribution is 7.99. The number of thioether (sulfide) groups is 1. The van der Waals surface area contributed by atoms with E-state index in [-0.39, 0.29) is 5.50 Å². The van der Waals surface area contributed by atoms with E-state index in [9.17, 15) is 0 Å². The number of hydrogen-bond acceptors (Lipinski definition) is 2. The Morgan fingerprint density at radius 3 is 2.71 bits per heavy atom. The minimum absolute atomic E-state index is 0.0374. The van der Waals surface area contributed by atoms with Gasteiger partial charge < -0.3 is 0 Å². The van der Waals surface area contributed by atoms with E-state index < -0.39 is 0 Å². The number of aromatic nitrogens is 1. The molecule has 0 aliphatic rings. The van der Waals surface area contributed by atoms with Crippen LogP contribution in [0, 0.1) is 13.8 Å². The van der Waals surface area contributed by atoms with Gasteiger partial charge in [-0.2, -0.15) is 0 Å². The Kier molecular flexibility index (Phi) is 5.27. The Bertz CT molecular complexity index is 691. The number of fused-ring (bicyclic) bond motifs is 1. The Hall–Kier alpha value is -1.07. The zero-order chi connectivity index (χ0) is 15.6. The van der Waals surface area contributed by atoms with Gasteiger partial charge in [0.1, 0.15) is 0 Å². The number of halogens is 1. The fourth-order valence-corrected chi connectivity index (χ4v) is 3.36. The summed E-state index contributed by atoms with van der Waals surface area (Å²) >= 11 is 7.69. The summed E-state index contributed by atoms with van der Waals surface area (Å²) in [6.45, 7) is 6.05. The van der Waals surface area contributed by atoms with Gasteiger partial charge >= 0.3 is 0 Å². The quantitative estimate of drug-likeness (QED) is 0.670. The van der Waals surface area contributed by atoms with Crippen molar-refractivity contribution in [2.24, 2.45) is 0 Å². The molecule has 2 rings (SSSR count). The lowest BCUT2D eigenvalue weighted by Gasteiger charge is -2.14. The van der Waals surface area contributed by atoms with Crippen molar-refractivity contribution in [2.75, 3.05) is 0 Å². The van der Waals surface area contributed by atoms with Crippen molar-refractivity contribution >= 4 is 34.3 Å². The first-order valence-corrected chi connectivity index (χ1v) is 8.19. The summed E-state index contributed by atoms with van der Waals surface area (Å²) in [5.41, 5.74) is 12.6. The van der Waals surface area contributed by atoms with Gasteiger partial charge in [0.2, 0.25) is 0 Å². The average molecular weight is 324 g/mol. The van der Waals surface area contributed by atoms with Gasteiger partial charge in [-0.1, -0.05) is 29.3 Å². The standard InChI is InChI=1S/C16H20ClN3S/c1-9-4-7-14-13(8-9)15(21-16(18)19)12(11(3)20-14)6-5-10(2)17/h4-5,7-8,16H,6,18-19H2,1-3H3/p+2/b10-5-. The number of aryl methyl sites for hydroxylation is 2. The molecule has 0 atom stereocenters. The molecule has 5 heteroatoms. The molecule has 0 radical (unpaired) electrons. The van der Waals surface area contributed by atoms with E-state index in [4.69, 9.17) is 16.6 Å². The molecule has 6 N–H and O–H groups in total. The second-order valence-electron chi connectivity index (χ2n) is 5.26. The summed E-state index contributed by atoms with van der Waals surface area (Å²) in [6, 6.07) is 6.36. The number of rotatable bonds is 4. The molecular formula is C16H22ClN3S+2. The van der Waals surface area contributed by atoms with Crippen LogP contribution in [0.4, 0.5) is 0 Å². The second kappa shape index (κ2) is 6.79. The van der Waals surface area contributed by atoms with Gasteiger partial charge in [0.15, 0.2) is 0 Å². The van der Waals surface area contributed by atoms with Crippen LogP contribution in [0.5, 0.6) is 0 Å². The van der Waals surface area contributed by atoms with Crippen LogP contribution in [0.2, 0.25) is 0 Å². The first-order valence-electron chi connectivity index (χ1n) is 6.93. The molecule has 21 heavy (non-hydrogen) atoms. The zero-order valence-electron chi connectivity index (χ0n) is 12.7. The molecule has 0 saturated heterocycles. The number of benzene rings is 1. The molecule has 0 saturated carbocycles. The van der Waals surface area contributed by atoms with E-state index in [1.54, 1.807) is 11.8 Å². The third-order valence-electron chi connectivity index (χ3n) is 3.27. The molecular weight excluding hydrogens is 302 g/mol. The zero-order valence-corrected chi connectivity index (χ0v) is 14.3. The van der Waals surface area contributed by atoms with Gasteiger partial charge in [0, 0.05) is 32.8 Å². The van der Waals surface area contributed by atoms with Crippen LogP contribution in [0.15, 0.2) is 34.2 Å². The van der Waals surface area contributed by atoms with E-state index in [1.165, 1.54) is 21.4 Å². The van der Waals surface area contributed by atoms with E-state index in [2.05, 4.69) is 43.5 Å². The van der Waals surface area contributed by atoms with Crippen molar-refractivity contribution in [1.82, 2.24) is 4.98 Å². The van der Waals surface area contributed by atoms with Crippen molar-refractivity contribution in [3.05, 3.63) is 46.1 Å². The summed E-state index contributed by atoms with van der Waals surface area (Å²) < 4.78 is 0. The van der Waals surface area contributed by atoms with E-state index >= 15 is 0 Å². The van der Waals surface area contributed by atoms with Crippen LogP contribution in [0.25, 0.3) is 10.9 Å². The smallest absolute Gasteiger partial charge is 0.260 e. The second-order valence-corrected chi connectivity index (χ2v) is 7.17. The number of hydrogen-bond donors (Lipinski definition) is 2. The molecule has 0 amide bonds. The Morgan fingerprint density at radius 1 is 1.38 bits per heavy atom. The molecule has 2 aromatic rings. The van der Waals surface area contributed by atoms with Crippen molar-refractivity contribution in [3.8, 4) is 0 Å². The third-order valence-corrected chi connectivity index (χ3v) is 4.46. The molecule has 1 aromatic heterocycles. The predicted molar refractivity (Wildman–Crippen MR) is 90.0 cm³/mol. The predicted octanol–water partition coefficient (Wildman–Crippen LogP) is 2.40. The summed E-state index contributed by atoms with van der Waals surface area (Å²) in [4.78, 5) is 5.96. The molecule has 1 heterocycles. The minimum atomic E-state index is 0.0374. The van der Waals surface area contributed by atoms with Crippen molar-refractivity contribution in [3.63, 3.8) is 0 Å². The SMILES string of the molecule is C/C(Cl)=C/Cc1c(C)nc2ccc(C)cc2c1SC([NH3+])[NH3+]. The minimum Gasteiger partial charge on any atom is -0.299 e. The molecule has 0 fully saturated rings. The maximum atomic E-state index is 5.99. The lowest BCUT2D eigenvalue weighted by molar-refractivity contribution is -0.619. The number of nitrogens with zero attached hydrogens (tertiary/aromatic N) is 1. The topological polar surface area (TPSA) is 68.2 Å². The molecule has 112 valence electrons. The van der Waals surface area contributed by atoms with Gasteiger partial charge in [-0.05, 0) is 44.9 Å². The molecule has 1 aromatic carbocycles. The maximum Gasteiger partial charge on any atom is 0.260 e. The number of pyridine rings is 1. The van der Waals surface area contributed by atoms with Gasteiger partial charge in [0.05, 0.1) is 5.52 Å². The summed E-state index contributed by atoms with van der Waals surface area (Å²) in [6.07, 6.45) is 2.81. The molecule has 0 aliphatic carbocycles. The molecule has 0 unspecified atom stereocenters. The van der Waals surface area contributed by atoms with Gasteiger partial charge in [-0.15, -0.1) is 0 Å². The Morgan fingerprint density at radius 2 is 2.10 bits per heavy atom. The summed E-state index contributed by atoms with van der Waals surface area (Å²) in [7, 11) is 0. The highest BCUT2D eigenvalue weighted by Crippen LogP contribution is 2.33. The molecule has 3 nitrogen and oxygen atoms in total. The molecule has 0 spiro atoms. The van der Waals surface area contributed by atoms with E-state index in [0.29, 0.717) is 0 Å². The van der Waals surface area contributed by atoms with Gasteiger partial charge in [-0.3, -0.25) is 16.5 Å². The van der Waals surface area contributed by atoms with E-state index in [0.717, 1.165) is 22.7 Å². The van der Waals surface area contributed by atoms with Crippen molar-refractivity contribution < 1.29 is 11.5 Å². The normalized spacial score (nSPS) is 12.4. The summed E-state index contributed by atoms with van der Waals surface area (Å²) in [5.74, 6) is 0. The van der Waals surface area contributed by atoms with Crippen LogP contribution in [0.3, 0.4) is 0 Å². The highest BCUT2D eigenvalue weighted by atomic mass is 35.5. The molecule has 0 aliphatic heterocycles. The maximum absolute atomic E-state index is 5.99. The van der Waals surface area contributed by atoms with E-state index in [1.807, 2.05) is 13.0 Å². The lowest BCUT2D eigenvalue weighted by atomic mass is 10.0. The Labute approximate surface area is 134 Å². The van der Waals surface area contributed by atoms with Crippen LogP contribution in [0.1, 0.15) is 23.7 Å². The number of allylic oxidation sites excluding steroid dienone is 2.